The Morgan fingerprint density at radius 2 is 1.83 bits per heavy atom. The van der Waals surface area contributed by atoms with Crippen LogP contribution in [0.4, 0.5) is 0 Å². The number of hydrogen-bond donors (Lipinski definition) is 1. The minimum absolute atomic E-state index is 0.0336. The molecule has 186 valence electrons. The zero-order chi connectivity index (χ0) is 25.1. The van der Waals surface area contributed by atoms with Crippen LogP contribution in [-0.4, -0.2) is 15.0 Å². The molecule has 1 aliphatic rings. The van der Waals surface area contributed by atoms with Crippen LogP contribution in [0.2, 0.25) is 0 Å². The van der Waals surface area contributed by atoms with Gasteiger partial charge in [-0.2, -0.15) is 0 Å². The molecule has 2 aromatic carbocycles. The van der Waals surface area contributed by atoms with Gasteiger partial charge in [0.25, 0.3) is 0 Å². The summed E-state index contributed by atoms with van der Waals surface area (Å²) in [6.07, 6.45) is 6.40. The third kappa shape index (κ3) is 4.82. The van der Waals surface area contributed by atoms with E-state index in [9.17, 15) is 9.59 Å². The number of carbonyl (C=O) groups excluding carboxylic acids is 1. The number of carbonyl (C=O) groups is 1. The molecular formula is C30H33N3O2S. The molecule has 0 aliphatic heterocycles. The van der Waals surface area contributed by atoms with Crippen molar-refractivity contribution in [2.24, 2.45) is 0 Å². The van der Waals surface area contributed by atoms with Crippen LogP contribution in [0.1, 0.15) is 67.1 Å². The fraction of sp³-hybridized carbons (Fsp3) is 0.333. The summed E-state index contributed by atoms with van der Waals surface area (Å²) in [4.78, 5) is 28.3. The van der Waals surface area contributed by atoms with Crippen LogP contribution in [0.15, 0.2) is 70.8 Å². The molecule has 1 N–H and O–H groups in total. The Morgan fingerprint density at radius 1 is 1.08 bits per heavy atom. The molecule has 1 aliphatic carbocycles. The first-order valence-electron chi connectivity index (χ1n) is 12.8. The second-order valence-corrected chi connectivity index (χ2v) is 10.6. The quantitative estimate of drug-likeness (QED) is 0.293. The minimum Gasteiger partial charge on any atom is -0.352 e. The van der Waals surface area contributed by atoms with Crippen molar-refractivity contribution in [3.63, 3.8) is 0 Å². The van der Waals surface area contributed by atoms with E-state index >= 15 is 0 Å². The molecule has 0 bridgehead atoms. The summed E-state index contributed by atoms with van der Waals surface area (Å²) in [5, 5.41) is 5.26. The van der Waals surface area contributed by atoms with E-state index in [0.717, 1.165) is 42.3 Å². The van der Waals surface area contributed by atoms with Gasteiger partial charge in [-0.1, -0.05) is 61.9 Å². The van der Waals surface area contributed by atoms with E-state index in [1.807, 2.05) is 63.7 Å². The lowest BCUT2D eigenvalue weighted by Gasteiger charge is -2.18. The number of rotatable bonds is 9. The van der Waals surface area contributed by atoms with Crippen LogP contribution in [0, 0.1) is 0 Å². The summed E-state index contributed by atoms with van der Waals surface area (Å²) in [6.45, 7) is 5.31. The predicted octanol–water partition coefficient (Wildman–Crippen LogP) is 6.31. The number of nitrogens with zero attached hydrogens (tertiary/aromatic N) is 2. The van der Waals surface area contributed by atoms with E-state index in [2.05, 4.69) is 30.6 Å². The Balaban J connectivity index is 1.46. The zero-order valence-electron chi connectivity index (χ0n) is 21.0. The summed E-state index contributed by atoms with van der Waals surface area (Å²) in [5.74, 6) is -0.0336. The Hall–Kier alpha value is -3.38. The van der Waals surface area contributed by atoms with Gasteiger partial charge < -0.3 is 5.32 Å². The first-order valence-corrected chi connectivity index (χ1v) is 13.7. The zero-order valence-corrected chi connectivity index (χ0v) is 21.8. The van der Waals surface area contributed by atoms with Crippen molar-refractivity contribution in [1.29, 1.82) is 0 Å². The third-order valence-corrected chi connectivity index (χ3v) is 8.19. The maximum Gasteiger partial charge on any atom is 0.329 e. The van der Waals surface area contributed by atoms with Crippen molar-refractivity contribution < 1.29 is 4.79 Å². The third-order valence-electron chi connectivity index (χ3n) is 7.10. The molecule has 36 heavy (non-hydrogen) atoms. The second kappa shape index (κ2) is 10.7. The molecule has 1 unspecified atom stereocenters. The Kier molecular flexibility index (Phi) is 7.23. The monoisotopic (exact) mass is 499 g/mol. The molecule has 0 saturated carbocycles. The van der Waals surface area contributed by atoms with Crippen molar-refractivity contribution in [1.82, 2.24) is 14.5 Å². The highest BCUT2D eigenvalue weighted by molar-refractivity contribution is 7.10. The molecule has 0 saturated heterocycles. The lowest BCUT2D eigenvalue weighted by molar-refractivity contribution is -0.122. The molecule has 1 amide bonds. The summed E-state index contributed by atoms with van der Waals surface area (Å²) in [6, 6.07) is 17.7. The van der Waals surface area contributed by atoms with Gasteiger partial charge in [0, 0.05) is 23.9 Å². The standard InChI is InChI=1S/C30H33N3O2S/c1-3-10-24(17-28(34)31-18-22-12-5-4-6-13-22)33-26-15-8-7-14-25(26)32(30(33)35)19-23-20-36-27-16-9-11-21(2)29(23)27/h4-8,11-15,20,24H,3,9-10,16-19H2,1-2H3,(H,31,34). The SMILES string of the molecule is CCCC(CC(=O)NCc1ccccc1)n1c(=O)n(Cc2csc3c2C(C)=CCC3)c2ccccc21. The molecule has 1 atom stereocenters. The number of para-hydroxylation sites is 2. The van der Waals surface area contributed by atoms with Gasteiger partial charge in [0.2, 0.25) is 5.91 Å². The van der Waals surface area contributed by atoms with Crippen molar-refractivity contribution in [2.75, 3.05) is 0 Å². The summed E-state index contributed by atoms with van der Waals surface area (Å²) in [5.41, 5.74) is 6.68. The van der Waals surface area contributed by atoms with Gasteiger partial charge in [0.1, 0.15) is 0 Å². The van der Waals surface area contributed by atoms with Gasteiger partial charge in [0.05, 0.1) is 17.6 Å². The topological polar surface area (TPSA) is 56.0 Å². The molecule has 0 radical (unpaired) electrons. The number of hydrogen-bond acceptors (Lipinski definition) is 3. The molecule has 5 nitrogen and oxygen atoms in total. The number of thiophene rings is 1. The number of benzene rings is 2. The van der Waals surface area contributed by atoms with Gasteiger partial charge >= 0.3 is 5.69 Å². The van der Waals surface area contributed by atoms with Crippen LogP contribution >= 0.6 is 11.3 Å². The number of fused-ring (bicyclic) bond motifs is 2. The highest BCUT2D eigenvalue weighted by Gasteiger charge is 2.24. The van der Waals surface area contributed by atoms with Crippen molar-refractivity contribution >= 4 is 33.9 Å². The fourth-order valence-corrected chi connectivity index (χ4v) is 6.50. The average Bonchev–Trinajstić information content (AvgIpc) is 3.43. The number of imidazole rings is 1. The minimum atomic E-state index is -0.192. The molecule has 0 fully saturated rings. The van der Waals surface area contributed by atoms with Crippen LogP contribution in [0.5, 0.6) is 0 Å². The fourth-order valence-electron chi connectivity index (χ4n) is 5.38. The molecule has 6 heteroatoms. The lowest BCUT2D eigenvalue weighted by Crippen LogP contribution is -2.32. The van der Waals surface area contributed by atoms with E-state index in [1.165, 1.54) is 21.6 Å². The van der Waals surface area contributed by atoms with E-state index in [0.29, 0.717) is 13.1 Å². The number of aromatic nitrogens is 2. The summed E-state index contributed by atoms with van der Waals surface area (Å²) in [7, 11) is 0. The molecule has 5 rings (SSSR count). The van der Waals surface area contributed by atoms with Crippen molar-refractivity contribution in [2.45, 2.75) is 65.1 Å². The lowest BCUT2D eigenvalue weighted by atomic mass is 9.95. The molecule has 2 heterocycles. The molecule has 0 spiro atoms. The maximum atomic E-state index is 13.9. The first kappa shape index (κ1) is 24.3. The molecular weight excluding hydrogens is 466 g/mol. The van der Waals surface area contributed by atoms with Crippen molar-refractivity contribution in [3.8, 4) is 0 Å². The normalized spacial score (nSPS) is 13.9. The summed E-state index contributed by atoms with van der Waals surface area (Å²) < 4.78 is 3.76. The van der Waals surface area contributed by atoms with Crippen LogP contribution in [0.25, 0.3) is 16.6 Å². The number of allylic oxidation sites excluding steroid dienone is 2. The van der Waals surface area contributed by atoms with Gasteiger partial charge in [0.15, 0.2) is 0 Å². The van der Waals surface area contributed by atoms with Crippen LogP contribution in [-0.2, 0) is 24.3 Å². The van der Waals surface area contributed by atoms with E-state index in [-0.39, 0.29) is 24.1 Å². The number of nitrogens with one attached hydrogen (secondary N) is 1. The van der Waals surface area contributed by atoms with Gasteiger partial charge in [-0.3, -0.25) is 13.9 Å². The Bertz CT molecular complexity index is 1460. The Morgan fingerprint density at radius 3 is 2.61 bits per heavy atom. The largest absolute Gasteiger partial charge is 0.352 e. The first-order chi connectivity index (χ1) is 17.6. The van der Waals surface area contributed by atoms with E-state index in [4.69, 9.17) is 0 Å². The Labute approximate surface area is 216 Å². The van der Waals surface area contributed by atoms with Gasteiger partial charge in [-0.05, 0) is 66.0 Å². The van der Waals surface area contributed by atoms with E-state index < -0.39 is 0 Å². The van der Waals surface area contributed by atoms with Crippen LogP contribution in [0.3, 0.4) is 0 Å². The van der Waals surface area contributed by atoms with Gasteiger partial charge in [-0.15, -0.1) is 11.3 Å². The molecule has 4 aromatic rings. The van der Waals surface area contributed by atoms with Crippen LogP contribution < -0.4 is 11.0 Å². The van der Waals surface area contributed by atoms with Crippen molar-refractivity contribution in [3.05, 3.63) is 98.1 Å². The second-order valence-electron chi connectivity index (χ2n) is 9.62. The van der Waals surface area contributed by atoms with E-state index in [1.54, 1.807) is 11.3 Å². The highest BCUT2D eigenvalue weighted by Crippen LogP contribution is 2.35. The average molecular weight is 500 g/mol. The number of aryl methyl sites for hydroxylation is 1. The molecule has 2 aromatic heterocycles. The highest BCUT2D eigenvalue weighted by atomic mass is 32.1. The summed E-state index contributed by atoms with van der Waals surface area (Å²) >= 11 is 1.80. The van der Waals surface area contributed by atoms with Gasteiger partial charge in [-0.25, -0.2) is 4.79 Å². The maximum absolute atomic E-state index is 13.9. The predicted molar refractivity (Wildman–Crippen MR) is 148 cm³/mol. The number of amides is 1. The smallest absolute Gasteiger partial charge is 0.329 e.